The molecular weight excluding hydrogens is 460 g/mol. The third-order valence-electron chi connectivity index (χ3n) is 4.38. The highest BCUT2D eigenvalue weighted by molar-refractivity contribution is 7.99. The molecule has 0 aliphatic carbocycles. The fourth-order valence-electron chi connectivity index (χ4n) is 3.01. The zero-order chi connectivity index (χ0) is 23.7. The molecule has 0 atom stereocenters. The predicted molar refractivity (Wildman–Crippen MR) is 131 cm³/mol. The first-order chi connectivity index (χ1) is 15.8. The number of carbonyl (C=O) groups is 1. The van der Waals surface area contributed by atoms with E-state index in [1.54, 1.807) is 28.6 Å². The molecule has 8 nitrogen and oxygen atoms in total. The molecule has 2 aromatic carbocycles. The van der Waals surface area contributed by atoms with Crippen LogP contribution in [0, 0.1) is 0 Å². The molecule has 33 heavy (non-hydrogen) atoms. The van der Waals surface area contributed by atoms with E-state index in [0.717, 1.165) is 35.1 Å². The van der Waals surface area contributed by atoms with Crippen molar-refractivity contribution in [3.05, 3.63) is 59.1 Å². The standard InChI is InChI=1S/C23H29ClN6O2S/c1-23(2,3)26-21(31)16-32-20-11-10-18(24)14-17(20)15-25-12-7-13-33-22-27-28-29-30(22)19-8-5-4-6-9-19/h4-6,8-11,14,25H,7,12-13,15-16H2,1-3H3,(H,26,31). The zero-order valence-electron chi connectivity index (χ0n) is 19.0. The van der Waals surface area contributed by atoms with E-state index in [1.807, 2.05) is 57.2 Å². The smallest absolute Gasteiger partial charge is 0.258 e. The van der Waals surface area contributed by atoms with Crippen LogP contribution in [-0.2, 0) is 11.3 Å². The highest BCUT2D eigenvalue weighted by atomic mass is 35.5. The van der Waals surface area contributed by atoms with Gasteiger partial charge in [0.15, 0.2) is 6.61 Å². The summed E-state index contributed by atoms with van der Waals surface area (Å²) < 4.78 is 7.48. The first kappa shape index (κ1) is 25.0. The topological polar surface area (TPSA) is 94.0 Å². The van der Waals surface area contributed by atoms with Crippen LogP contribution in [0.4, 0.5) is 0 Å². The lowest BCUT2D eigenvalue weighted by Crippen LogP contribution is -2.43. The molecule has 10 heteroatoms. The fraction of sp³-hybridized carbons (Fsp3) is 0.391. The largest absolute Gasteiger partial charge is 0.483 e. The van der Waals surface area contributed by atoms with E-state index in [4.69, 9.17) is 16.3 Å². The number of halogens is 1. The molecule has 2 N–H and O–H groups in total. The van der Waals surface area contributed by atoms with Crippen molar-refractivity contribution in [1.29, 1.82) is 0 Å². The molecule has 0 unspecified atom stereocenters. The third kappa shape index (κ3) is 8.34. The van der Waals surface area contributed by atoms with Crippen LogP contribution in [-0.4, -0.2) is 50.6 Å². The summed E-state index contributed by atoms with van der Waals surface area (Å²) in [5, 5.41) is 19.7. The number of ether oxygens (including phenoxy) is 1. The number of carbonyl (C=O) groups excluding carboxylic acids is 1. The molecule has 1 heterocycles. The second-order valence-corrected chi connectivity index (χ2v) is 9.93. The number of nitrogens with one attached hydrogen (secondary N) is 2. The average molecular weight is 489 g/mol. The normalized spacial score (nSPS) is 11.4. The van der Waals surface area contributed by atoms with Crippen LogP contribution in [0.25, 0.3) is 5.69 Å². The molecule has 3 rings (SSSR count). The number of aromatic nitrogens is 4. The van der Waals surface area contributed by atoms with E-state index in [-0.39, 0.29) is 18.1 Å². The SMILES string of the molecule is CC(C)(C)NC(=O)COc1ccc(Cl)cc1CNCCCSc1nnnn1-c1ccccc1. The Kier molecular flexibility index (Phi) is 9.11. The number of rotatable bonds is 11. The van der Waals surface area contributed by atoms with Crippen LogP contribution in [0.3, 0.4) is 0 Å². The number of benzene rings is 2. The molecule has 0 spiro atoms. The van der Waals surface area contributed by atoms with E-state index in [0.29, 0.717) is 17.3 Å². The summed E-state index contributed by atoms with van der Waals surface area (Å²) in [4.78, 5) is 12.1. The van der Waals surface area contributed by atoms with E-state index in [2.05, 4.69) is 26.2 Å². The fourth-order valence-corrected chi connectivity index (χ4v) is 4.03. The van der Waals surface area contributed by atoms with Crippen LogP contribution >= 0.6 is 23.4 Å². The van der Waals surface area contributed by atoms with Gasteiger partial charge in [0.1, 0.15) is 5.75 Å². The Morgan fingerprint density at radius 3 is 2.73 bits per heavy atom. The molecule has 1 aromatic heterocycles. The number of nitrogens with zero attached hydrogens (tertiary/aromatic N) is 4. The lowest BCUT2D eigenvalue weighted by molar-refractivity contribution is -0.124. The Morgan fingerprint density at radius 1 is 1.18 bits per heavy atom. The Hall–Kier alpha value is -2.62. The molecular formula is C23H29ClN6O2S. The van der Waals surface area contributed by atoms with Crippen molar-refractivity contribution in [2.45, 2.75) is 44.4 Å². The Morgan fingerprint density at radius 2 is 1.97 bits per heavy atom. The minimum absolute atomic E-state index is 0.0430. The van der Waals surface area contributed by atoms with Crippen molar-refractivity contribution in [3.63, 3.8) is 0 Å². The molecule has 3 aromatic rings. The van der Waals surface area contributed by atoms with Crippen molar-refractivity contribution in [2.24, 2.45) is 0 Å². The van der Waals surface area contributed by atoms with Crippen molar-refractivity contribution in [1.82, 2.24) is 30.8 Å². The maximum Gasteiger partial charge on any atom is 0.258 e. The number of hydrogen-bond donors (Lipinski definition) is 2. The number of para-hydroxylation sites is 1. The summed E-state index contributed by atoms with van der Waals surface area (Å²) >= 11 is 7.78. The van der Waals surface area contributed by atoms with E-state index in [9.17, 15) is 4.79 Å². The predicted octanol–water partition coefficient (Wildman–Crippen LogP) is 3.88. The van der Waals surface area contributed by atoms with Crippen molar-refractivity contribution >= 4 is 29.3 Å². The second kappa shape index (κ2) is 12.0. The summed E-state index contributed by atoms with van der Waals surface area (Å²) in [7, 11) is 0. The molecule has 1 amide bonds. The molecule has 0 aliphatic rings. The van der Waals surface area contributed by atoms with Crippen LogP contribution < -0.4 is 15.4 Å². The summed E-state index contributed by atoms with van der Waals surface area (Å²) in [5.74, 6) is 1.35. The number of tetrazole rings is 1. The van der Waals surface area contributed by atoms with E-state index >= 15 is 0 Å². The van der Waals surface area contributed by atoms with E-state index < -0.39 is 0 Å². The van der Waals surface area contributed by atoms with Crippen LogP contribution in [0.15, 0.2) is 53.7 Å². The minimum atomic E-state index is -0.298. The maximum atomic E-state index is 12.1. The average Bonchev–Trinajstić information content (AvgIpc) is 3.23. The summed E-state index contributed by atoms with van der Waals surface area (Å²) in [6.45, 7) is 7.15. The van der Waals surface area contributed by atoms with Gasteiger partial charge in [-0.25, -0.2) is 0 Å². The first-order valence-corrected chi connectivity index (χ1v) is 12.1. The lowest BCUT2D eigenvalue weighted by Gasteiger charge is -2.21. The van der Waals surface area contributed by atoms with Crippen molar-refractivity contribution in [3.8, 4) is 11.4 Å². The van der Waals surface area contributed by atoms with Gasteiger partial charge in [0.2, 0.25) is 5.16 Å². The molecule has 0 radical (unpaired) electrons. The summed E-state index contributed by atoms with van der Waals surface area (Å²) in [6.07, 6.45) is 0.928. The van der Waals surface area contributed by atoms with Crippen LogP contribution in [0.5, 0.6) is 5.75 Å². The monoisotopic (exact) mass is 488 g/mol. The maximum absolute atomic E-state index is 12.1. The Bertz CT molecular complexity index is 1040. The summed E-state index contributed by atoms with van der Waals surface area (Å²) in [6, 6.07) is 15.2. The second-order valence-electron chi connectivity index (χ2n) is 8.43. The molecule has 0 saturated carbocycles. The van der Waals surface area contributed by atoms with Crippen molar-refractivity contribution < 1.29 is 9.53 Å². The summed E-state index contributed by atoms with van der Waals surface area (Å²) in [5.41, 5.74) is 1.55. The van der Waals surface area contributed by atoms with Gasteiger partial charge < -0.3 is 15.4 Å². The van der Waals surface area contributed by atoms with Gasteiger partial charge in [-0.2, -0.15) is 4.68 Å². The Balaban J connectivity index is 1.43. The first-order valence-electron chi connectivity index (χ1n) is 10.7. The quantitative estimate of drug-likeness (QED) is 0.312. The number of thioether (sulfide) groups is 1. The molecule has 0 bridgehead atoms. The molecule has 0 fully saturated rings. The van der Waals surface area contributed by atoms with Gasteiger partial charge in [-0.1, -0.05) is 41.6 Å². The molecule has 176 valence electrons. The van der Waals surface area contributed by atoms with Gasteiger partial charge in [-0.3, -0.25) is 4.79 Å². The van der Waals surface area contributed by atoms with Gasteiger partial charge in [0.25, 0.3) is 5.91 Å². The van der Waals surface area contributed by atoms with Gasteiger partial charge in [-0.05, 0) is 74.5 Å². The molecule has 0 aliphatic heterocycles. The van der Waals surface area contributed by atoms with E-state index in [1.165, 1.54) is 0 Å². The third-order valence-corrected chi connectivity index (χ3v) is 5.62. The zero-order valence-corrected chi connectivity index (χ0v) is 20.6. The number of hydrogen-bond acceptors (Lipinski definition) is 7. The minimum Gasteiger partial charge on any atom is -0.483 e. The van der Waals surface area contributed by atoms with Gasteiger partial charge in [0, 0.05) is 28.4 Å². The highest BCUT2D eigenvalue weighted by Gasteiger charge is 2.15. The molecule has 0 saturated heterocycles. The highest BCUT2D eigenvalue weighted by Crippen LogP contribution is 2.23. The van der Waals surface area contributed by atoms with Gasteiger partial charge in [-0.15, -0.1) is 5.10 Å². The number of amides is 1. The Labute approximate surface area is 203 Å². The van der Waals surface area contributed by atoms with Crippen LogP contribution in [0.1, 0.15) is 32.8 Å². The van der Waals surface area contributed by atoms with Gasteiger partial charge in [0.05, 0.1) is 5.69 Å². The van der Waals surface area contributed by atoms with Crippen molar-refractivity contribution in [2.75, 3.05) is 18.9 Å². The van der Waals surface area contributed by atoms with Gasteiger partial charge >= 0.3 is 0 Å². The lowest BCUT2D eigenvalue weighted by atomic mass is 10.1. The van der Waals surface area contributed by atoms with Crippen LogP contribution in [0.2, 0.25) is 5.02 Å².